The van der Waals surface area contributed by atoms with Crippen molar-refractivity contribution in [3.05, 3.63) is 65.5 Å². The minimum atomic E-state index is 0.117. The van der Waals surface area contributed by atoms with Crippen LogP contribution in [0.4, 0.5) is 0 Å². The Labute approximate surface area is 179 Å². The Morgan fingerprint density at radius 2 is 1.77 bits per heavy atom. The van der Waals surface area contributed by atoms with E-state index < -0.39 is 0 Å². The van der Waals surface area contributed by atoms with Crippen LogP contribution in [0.5, 0.6) is 0 Å². The van der Waals surface area contributed by atoms with E-state index in [9.17, 15) is 4.79 Å². The van der Waals surface area contributed by atoms with E-state index in [1.54, 1.807) is 0 Å². The zero-order chi connectivity index (χ0) is 21.1. The van der Waals surface area contributed by atoms with Crippen LogP contribution in [0.2, 0.25) is 0 Å². The smallest absolute Gasteiger partial charge is 0.198 e. The van der Waals surface area contributed by atoms with Crippen molar-refractivity contribution in [2.24, 2.45) is 0 Å². The van der Waals surface area contributed by atoms with E-state index in [4.69, 9.17) is 4.42 Å². The molecule has 0 unspecified atom stereocenters. The number of oxazole rings is 1. The lowest BCUT2D eigenvalue weighted by molar-refractivity contribution is 0.0972. The average molecular weight is 405 g/mol. The first-order valence-electron chi connectivity index (χ1n) is 11.1. The number of benzene rings is 2. The van der Waals surface area contributed by atoms with E-state index in [0.29, 0.717) is 12.3 Å². The predicted molar refractivity (Wildman–Crippen MR) is 121 cm³/mol. The molecule has 0 N–H and O–H groups in total. The van der Waals surface area contributed by atoms with Crippen molar-refractivity contribution in [3.8, 4) is 0 Å². The summed E-state index contributed by atoms with van der Waals surface area (Å²) in [5.41, 5.74) is 4.04. The normalized spacial score (nSPS) is 16.2. The zero-order valence-electron chi connectivity index (χ0n) is 18.4. The molecule has 158 valence electrons. The van der Waals surface area contributed by atoms with E-state index in [1.807, 2.05) is 36.4 Å². The van der Waals surface area contributed by atoms with Crippen LogP contribution in [0.25, 0.3) is 11.1 Å². The molecule has 2 heterocycles. The summed E-state index contributed by atoms with van der Waals surface area (Å²) in [5.74, 6) is 1.53. The van der Waals surface area contributed by atoms with Gasteiger partial charge >= 0.3 is 0 Å². The van der Waals surface area contributed by atoms with Crippen LogP contribution < -0.4 is 0 Å². The number of fused-ring (bicyclic) bond motifs is 1. The molecule has 1 fully saturated rings. The number of piperidine rings is 1. The molecule has 0 amide bonds. The first kappa shape index (κ1) is 20.8. The number of likely N-dealkylation sites (tertiary alicyclic amines) is 1. The lowest BCUT2D eigenvalue weighted by Crippen LogP contribution is -2.34. The summed E-state index contributed by atoms with van der Waals surface area (Å²) in [5, 5.41) is 0. The summed E-state index contributed by atoms with van der Waals surface area (Å²) in [7, 11) is 0. The standard InChI is InChI=1S/C26H32N2O2/c1-26(2,3)21-12-10-19(11-13-21)23(29)8-6-16-28-17-14-20(15-18-28)25-27-22-7-4-5-9-24(22)30-25/h4-5,7,9-13,20H,6,8,14-18H2,1-3H3. The van der Waals surface area contributed by atoms with Gasteiger partial charge in [0.15, 0.2) is 17.3 Å². The first-order valence-corrected chi connectivity index (χ1v) is 11.1. The molecule has 0 atom stereocenters. The molecular weight excluding hydrogens is 372 g/mol. The van der Waals surface area contributed by atoms with Gasteiger partial charge in [0.05, 0.1) is 0 Å². The van der Waals surface area contributed by atoms with Gasteiger partial charge in [-0.3, -0.25) is 4.79 Å². The summed E-state index contributed by atoms with van der Waals surface area (Å²) in [6.07, 6.45) is 3.65. The number of rotatable bonds is 6. The van der Waals surface area contributed by atoms with Gasteiger partial charge in [0.25, 0.3) is 0 Å². The van der Waals surface area contributed by atoms with Gasteiger partial charge in [0.2, 0.25) is 0 Å². The number of aromatic nitrogens is 1. The van der Waals surface area contributed by atoms with Crippen LogP contribution in [0, 0.1) is 0 Å². The number of carbonyl (C=O) groups excluding carboxylic acids is 1. The van der Waals surface area contributed by atoms with Crippen molar-refractivity contribution in [2.45, 2.75) is 57.8 Å². The van der Waals surface area contributed by atoms with Crippen LogP contribution in [0.1, 0.15) is 74.2 Å². The van der Waals surface area contributed by atoms with Crippen LogP contribution in [-0.4, -0.2) is 35.3 Å². The summed E-state index contributed by atoms with van der Waals surface area (Å²) >= 11 is 0. The summed E-state index contributed by atoms with van der Waals surface area (Å²) < 4.78 is 5.96. The number of Topliss-reactive ketones (excluding diaryl/α,β-unsaturated/α-hetero) is 1. The fourth-order valence-electron chi connectivity index (χ4n) is 4.23. The molecule has 1 aromatic heterocycles. The number of carbonyl (C=O) groups is 1. The molecular formula is C26H32N2O2. The second kappa shape index (κ2) is 8.73. The maximum atomic E-state index is 12.5. The summed E-state index contributed by atoms with van der Waals surface area (Å²) in [6, 6.07) is 16.1. The Bertz CT molecular complexity index is 957. The number of nitrogens with zero attached hydrogens (tertiary/aromatic N) is 2. The molecule has 0 spiro atoms. The average Bonchev–Trinajstić information content (AvgIpc) is 3.18. The van der Waals surface area contributed by atoms with Gasteiger partial charge in [-0.2, -0.15) is 0 Å². The van der Waals surface area contributed by atoms with Crippen molar-refractivity contribution in [1.29, 1.82) is 0 Å². The predicted octanol–water partition coefficient (Wildman–Crippen LogP) is 5.97. The number of ketones is 1. The van der Waals surface area contributed by atoms with E-state index >= 15 is 0 Å². The van der Waals surface area contributed by atoms with Gasteiger partial charge in [-0.15, -0.1) is 0 Å². The van der Waals surface area contributed by atoms with Crippen molar-refractivity contribution in [3.63, 3.8) is 0 Å². The van der Waals surface area contributed by atoms with Gasteiger partial charge in [0.1, 0.15) is 5.52 Å². The van der Waals surface area contributed by atoms with Gasteiger partial charge in [0, 0.05) is 17.9 Å². The molecule has 30 heavy (non-hydrogen) atoms. The van der Waals surface area contributed by atoms with Crippen molar-refractivity contribution in [2.75, 3.05) is 19.6 Å². The lowest BCUT2D eigenvalue weighted by Gasteiger charge is -2.30. The van der Waals surface area contributed by atoms with Crippen LogP contribution in [0.3, 0.4) is 0 Å². The maximum Gasteiger partial charge on any atom is 0.198 e. The molecule has 1 aliphatic heterocycles. The molecule has 0 aliphatic carbocycles. The van der Waals surface area contributed by atoms with E-state index in [2.05, 4.69) is 42.8 Å². The lowest BCUT2D eigenvalue weighted by atomic mass is 9.86. The molecule has 0 bridgehead atoms. The molecule has 4 nitrogen and oxygen atoms in total. The van der Waals surface area contributed by atoms with E-state index in [-0.39, 0.29) is 11.2 Å². The highest BCUT2D eigenvalue weighted by atomic mass is 16.3. The maximum absolute atomic E-state index is 12.5. The van der Waals surface area contributed by atoms with Gasteiger partial charge in [-0.25, -0.2) is 4.98 Å². The Balaban J connectivity index is 1.22. The minimum absolute atomic E-state index is 0.117. The van der Waals surface area contributed by atoms with Crippen LogP contribution >= 0.6 is 0 Å². The van der Waals surface area contributed by atoms with Crippen molar-refractivity contribution in [1.82, 2.24) is 9.88 Å². The van der Waals surface area contributed by atoms with Gasteiger partial charge in [-0.05, 0) is 62.0 Å². The highest BCUT2D eigenvalue weighted by Crippen LogP contribution is 2.30. The fourth-order valence-corrected chi connectivity index (χ4v) is 4.23. The molecule has 0 saturated carbocycles. The van der Waals surface area contributed by atoms with E-state index in [1.165, 1.54) is 5.56 Å². The highest BCUT2D eigenvalue weighted by molar-refractivity contribution is 5.96. The number of para-hydroxylation sites is 2. The summed E-state index contributed by atoms with van der Waals surface area (Å²) in [4.78, 5) is 19.7. The zero-order valence-corrected chi connectivity index (χ0v) is 18.4. The van der Waals surface area contributed by atoms with Crippen molar-refractivity contribution < 1.29 is 9.21 Å². The molecule has 4 rings (SSSR count). The molecule has 1 aliphatic rings. The third kappa shape index (κ3) is 4.81. The molecule has 4 heteroatoms. The van der Waals surface area contributed by atoms with Gasteiger partial charge in [-0.1, -0.05) is 57.2 Å². The quantitative estimate of drug-likeness (QED) is 0.475. The summed E-state index contributed by atoms with van der Waals surface area (Å²) in [6.45, 7) is 9.63. The fraction of sp³-hybridized carbons (Fsp3) is 0.462. The van der Waals surface area contributed by atoms with Crippen LogP contribution in [-0.2, 0) is 5.41 Å². The second-order valence-corrected chi connectivity index (χ2v) is 9.49. The van der Waals surface area contributed by atoms with Gasteiger partial charge < -0.3 is 9.32 Å². The van der Waals surface area contributed by atoms with Crippen molar-refractivity contribution >= 4 is 16.9 Å². The second-order valence-electron chi connectivity index (χ2n) is 9.49. The molecule has 1 saturated heterocycles. The topological polar surface area (TPSA) is 46.3 Å². The Morgan fingerprint density at radius 1 is 1.07 bits per heavy atom. The molecule has 2 aromatic carbocycles. The molecule has 3 aromatic rings. The molecule has 0 radical (unpaired) electrons. The third-order valence-corrected chi connectivity index (χ3v) is 6.20. The first-order chi connectivity index (χ1) is 14.4. The monoisotopic (exact) mass is 404 g/mol. The Morgan fingerprint density at radius 3 is 2.43 bits per heavy atom. The van der Waals surface area contributed by atoms with Crippen LogP contribution in [0.15, 0.2) is 52.9 Å². The van der Waals surface area contributed by atoms with E-state index in [0.717, 1.165) is 61.5 Å². The third-order valence-electron chi connectivity index (χ3n) is 6.20. The Hall–Kier alpha value is -2.46. The minimum Gasteiger partial charge on any atom is -0.440 e. The highest BCUT2D eigenvalue weighted by Gasteiger charge is 2.24. The number of hydrogen-bond acceptors (Lipinski definition) is 4. The largest absolute Gasteiger partial charge is 0.440 e. The number of hydrogen-bond donors (Lipinski definition) is 0. The SMILES string of the molecule is CC(C)(C)c1ccc(C(=O)CCCN2CCC(c3nc4ccccc4o3)CC2)cc1. The Kier molecular flexibility index (Phi) is 6.05.